The monoisotopic (exact) mass is 309 g/mol. The Balaban J connectivity index is 2.42. The predicted molar refractivity (Wildman–Crippen MR) is 85.2 cm³/mol. The average Bonchev–Trinajstić information content (AvgIpc) is 2.44. The second-order valence-corrected chi connectivity index (χ2v) is 5.21. The lowest BCUT2D eigenvalue weighted by molar-refractivity contribution is -0.124. The Hall–Kier alpha value is -2.01. The highest BCUT2D eigenvalue weighted by atomic mass is 35.5. The molecule has 114 valence electrons. The number of urea groups is 1. The van der Waals surface area contributed by atoms with E-state index in [1.54, 1.807) is 39.4 Å². The molecule has 0 spiro atoms. The topological polar surface area (TPSA) is 52.7 Å². The summed E-state index contributed by atoms with van der Waals surface area (Å²) >= 11 is 5.87. The van der Waals surface area contributed by atoms with Crippen LogP contribution in [0.2, 0.25) is 5.02 Å². The van der Waals surface area contributed by atoms with E-state index in [0.717, 1.165) is 5.56 Å². The molecule has 0 saturated carbocycles. The van der Waals surface area contributed by atoms with Crippen LogP contribution in [0, 0.1) is 0 Å². The molecule has 0 aliphatic carbocycles. The number of halogens is 1. The number of carbonyl (C=O) groups excluding carboxylic acids is 2. The van der Waals surface area contributed by atoms with Gasteiger partial charge < -0.3 is 15.1 Å². The van der Waals surface area contributed by atoms with E-state index in [9.17, 15) is 9.59 Å². The molecule has 1 aromatic rings. The van der Waals surface area contributed by atoms with Gasteiger partial charge in [0.25, 0.3) is 0 Å². The van der Waals surface area contributed by atoms with E-state index in [2.05, 4.69) is 5.32 Å². The Bertz CT molecular complexity index is 529. The zero-order valence-electron chi connectivity index (χ0n) is 12.5. The van der Waals surface area contributed by atoms with Gasteiger partial charge in [0.1, 0.15) is 0 Å². The molecule has 1 N–H and O–H groups in total. The number of amides is 3. The molecular formula is C15H20ClN3O2. The van der Waals surface area contributed by atoms with Crippen LogP contribution in [0.25, 0.3) is 6.08 Å². The third kappa shape index (κ3) is 6.31. The number of hydrogen-bond acceptors (Lipinski definition) is 2. The second kappa shape index (κ2) is 8.32. The summed E-state index contributed by atoms with van der Waals surface area (Å²) < 4.78 is 0. The molecule has 0 fully saturated rings. The van der Waals surface area contributed by atoms with Crippen LogP contribution in [0.1, 0.15) is 5.56 Å². The maximum Gasteiger partial charge on any atom is 0.316 e. The van der Waals surface area contributed by atoms with E-state index >= 15 is 0 Å². The van der Waals surface area contributed by atoms with Gasteiger partial charge in [-0.2, -0.15) is 0 Å². The molecule has 1 rings (SSSR count). The minimum Gasteiger partial charge on any atom is -0.340 e. The van der Waals surface area contributed by atoms with Crippen LogP contribution in [-0.4, -0.2) is 56.0 Å². The Morgan fingerprint density at radius 2 is 2.00 bits per heavy atom. The van der Waals surface area contributed by atoms with Crippen LogP contribution < -0.4 is 5.32 Å². The van der Waals surface area contributed by atoms with E-state index in [0.29, 0.717) is 18.1 Å². The fourth-order valence-corrected chi connectivity index (χ4v) is 1.70. The van der Waals surface area contributed by atoms with Crippen LogP contribution in [0.5, 0.6) is 0 Å². The molecule has 1 aromatic carbocycles. The Kier molecular flexibility index (Phi) is 6.75. The predicted octanol–water partition coefficient (Wildman–Crippen LogP) is 2.08. The minimum absolute atomic E-state index is 0.130. The van der Waals surface area contributed by atoms with Crippen molar-refractivity contribution in [2.45, 2.75) is 0 Å². The van der Waals surface area contributed by atoms with Gasteiger partial charge in [-0.1, -0.05) is 23.7 Å². The highest BCUT2D eigenvalue weighted by Crippen LogP contribution is 2.11. The average molecular weight is 310 g/mol. The molecule has 0 atom stereocenters. The molecule has 0 saturated heterocycles. The van der Waals surface area contributed by atoms with Gasteiger partial charge in [-0.15, -0.1) is 0 Å². The summed E-state index contributed by atoms with van der Waals surface area (Å²) in [7, 11) is 5.02. The first kappa shape index (κ1) is 17.0. The Labute approximate surface area is 130 Å². The molecule has 21 heavy (non-hydrogen) atoms. The maximum atomic E-state index is 11.9. The number of nitrogens with zero attached hydrogens (tertiary/aromatic N) is 2. The Morgan fingerprint density at radius 1 is 1.29 bits per heavy atom. The molecule has 0 aliphatic heterocycles. The van der Waals surface area contributed by atoms with Crippen molar-refractivity contribution in [1.29, 1.82) is 0 Å². The SMILES string of the molecule is CN(C)C(=O)NCCN(C)C(=O)/C=C/c1cccc(Cl)c1. The molecule has 3 amide bonds. The van der Waals surface area contributed by atoms with Gasteiger partial charge in [0.15, 0.2) is 0 Å². The fourth-order valence-electron chi connectivity index (χ4n) is 1.50. The van der Waals surface area contributed by atoms with Crippen molar-refractivity contribution in [3.05, 3.63) is 40.9 Å². The van der Waals surface area contributed by atoms with Crippen LogP contribution >= 0.6 is 11.6 Å². The first-order valence-corrected chi connectivity index (χ1v) is 6.92. The number of nitrogens with one attached hydrogen (secondary N) is 1. The highest BCUT2D eigenvalue weighted by Gasteiger charge is 2.06. The lowest BCUT2D eigenvalue weighted by Gasteiger charge is -2.17. The fraction of sp³-hybridized carbons (Fsp3) is 0.333. The van der Waals surface area contributed by atoms with Gasteiger partial charge in [-0.25, -0.2) is 4.79 Å². The Morgan fingerprint density at radius 3 is 2.62 bits per heavy atom. The summed E-state index contributed by atoms with van der Waals surface area (Å²) in [5.41, 5.74) is 0.866. The van der Waals surface area contributed by atoms with Gasteiger partial charge in [0.2, 0.25) is 5.91 Å². The van der Waals surface area contributed by atoms with Gasteiger partial charge in [-0.3, -0.25) is 4.79 Å². The van der Waals surface area contributed by atoms with Gasteiger partial charge >= 0.3 is 6.03 Å². The summed E-state index contributed by atoms with van der Waals surface area (Å²) in [6.45, 7) is 0.850. The summed E-state index contributed by atoms with van der Waals surface area (Å²) in [6.07, 6.45) is 3.20. The van der Waals surface area contributed by atoms with Crippen molar-refractivity contribution in [2.75, 3.05) is 34.2 Å². The van der Waals surface area contributed by atoms with Crippen molar-refractivity contribution in [3.8, 4) is 0 Å². The van der Waals surface area contributed by atoms with Crippen molar-refractivity contribution < 1.29 is 9.59 Å². The zero-order chi connectivity index (χ0) is 15.8. The molecule has 0 radical (unpaired) electrons. The lowest BCUT2D eigenvalue weighted by atomic mass is 10.2. The normalized spacial score (nSPS) is 10.5. The molecule has 0 unspecified atom stereocenters. The first-order chi connectivity index (χ1) is 9.90. The van der Waals surface area contributed by atoms with Crippen molar-refractivity contribution >= 4 is 29.6 Å². The van der Waals surface area contributed by atoms with Crippen LogP contribution in [0.3, 0.4) is 0 Å². The summed E-state index contributed by atoms with van der Waals surface area (Å²) in [5.74, 6) is -0.130. The van der Waals surface area contributed by atoms with E-state index < -0.39 is 0 Å². The summed E-state index contributed by atoms with van der Waals surface area (Å²) in [6, 6.07) is 7.08. The number of hydrogen-bond donors (Lipinski definition) is 1. The van der Waals surface area contributed by atoms with E-state index in [4.69, 9.17) is 11.6 Å². The standard InChI is InChI=1S/C15H20ClN3O2/c1-18(2)15(21)17-9-10-19(3)14(20)8-7-12-5-4-6-13(16)11-12/h4-8,11H,9-10H2,1-3H3,(H,17,21)/b8-7+. The van der Waals surface area contributed by atoms with E-state index in [-0.39, 0.29) is 11.9 Å². The minimum atomic E-state index is -0.176. The van der Waals surface area contributed by atoms with Crippen LogP contribution in [0.15, 0.2) is 30.3 Å². The highest BCUT2D eigenvalue weighted by molar-refractivity contribution is 6.30. The number of likely N-dealkylation sites (N-methyl/N-ethyl adjacent to an activating group) is 1. The van der Waals surface area contributed by atoms with Gasteiger partial charge in [0, 0.05) is 45.3 Å². The zero-order valence-corrected chi connectivity index (χ0v) is 13.2. The number of benzene rings is 1. The second-order valence-electron chi connectivity index (χ2n) is 4.77. The van der Waals surface area contributed by atoms with E-state index in [1.807, 2.05) is 12.1 Å². The smallest absolute Gasteiger partial charge is 0.316 e. The van der Waals surface area contributed by atoms with Crippen molar-refractivity contribution in [2.24, 2.45) is 0 Å². The first-order valence-electron chi connectivity index (χ1n) is 6.54. The molecule has 0 bridgehead atoms. The molecule has 0 aliphatic rings. The number of rotatable bonds is 5. The molecule has 0 aromatic heterocycles. The van der Waals surface area contributed by atoms with E-state index in [1.165, 1.54) is 15.9 Å². The van der Waals surface area contributed by atoms with Gasteiger partial charge in [-0.05, 0) is 23.8 Å². The molecule has 6 heteroatoms. The summed E-state index contributed by atoms with van der Waals surface area (Å²) in [4.78, 5) is 26.2. The number of carbonyl (C=O) groups is 2. The van der Waals surface area contributed by atoms with Crippen LogP contribution in [-0.2, 0) is 4.79 Å². The van der Waals surface area contributed by atoms with Crippen molar-refractivity contribution in [1.82, 2.24) is 15.1 Å². The van der Waals surface area contributed by atoms with Crippen LogP contribution in [0.4, 0.5) is 4.79 Å². The maximum absolute atomic E-state index is 11.9. The summed E-state index contributed by atoms with van der Waals surface area (Å²) in [5, 5.41) is 3.33. The van der Waals surface area contributed by atoms with Crippen molar-refractivity contribution in [3.63, 3.8) is 0 Å². The largest absolute Gasteiger partial charge is 0.340 e. The van der Waals surface area contributed by atoms with Gasteiger partial charge in [0.05, 0.1) is 0 Å². The third-order valence-corrected chi connectivity index (χ3v) is 3.01. The third-order valence-electron chi connectivity index (χ3n) is 2.77. The quantitative estimate of drug-likeness (QED) is 0.847. The molecular weight excluding hydrogens is 290 g/mol. The molecule has 0 heterocycles. The molecule has 5 nitrogen and oxygen atoms in total. The lowest BCUT2D eigenvalue weighted by Crippen LogP contribution is -2.40.